The Bertz CT molecular complexity index is 688. The van der Waals surface area contributed by atoms with Crippen LogP contribution >= 0.6 is 0 Å². The van der Waals surface area contributed by atoms with Gasteiger partial charge in [-0.1, -0.05) is 12.1 Å². The Morgan fingerprint density at radius 1 is 1.17 bits per heavy atom. The van der Waals surface area contributed by atoms with Gasteiger partial charge in [0.05, 0.1) is 18.3 Å². The average molecular weight is 353 g/mol. The Morgan fingerprint density at radius 3 is 2.25 bits per heavy atom. The summed E-state index contributed by atoms with van der Waals surface area (Å²) in [5.41, 5.74) is 1.19. The van der Waals surface area contributed by atoms with Crippen LogP contribution in [0.5, 0.6) is 0 Å². The summed E-state index contributed by atoms with van der Waals surface area (Å²) in [6.45, 7) is 3.20. The summed E-state index contributed by atoms with van der Waals surface area (Å²) in [7, 11) is -3.09. The lowest BCUT2D eigenvalue weighted by molar-refractivity contribution is -0.149. The summed E-state index contributed by atoms with van der Waals surface area (Å²) >= 11 is 0. The highest BCUT2D eigenvalue weighted by Crippen LogP contribution is 2.20. The van der Waals surface area contributed by atoms with Crippen LogP contribution < -0.4 is 0 Å². The number of ether oxygens (including phenoxy) is 1. The number of piperidine rings is 1. The summed E-state index contributed by atoms with van der Waals surface area (Å²) in [6.07, 6.45) is 2.40. The number of esters is 1. The van der Waals surface area contributed by atoms with E-state index in [-0.39, 0.29) is 23.5 Å². The monoisotopic (exact) mass is 353 g/mol. The van der Waals surface area contributed by atoms with Gasteiger partial charge >= 0.3 is 5.97 Å². The first-order valence-electron chi connectivity index (χ1n) is 8.02. The summed E-state index contributed by atoms with van der Waals surface area (Å²) < 4.78 is 27.6. The third kappa shape index (κ3) is 5.06. The second kappa shape index (κ2) is 7.79. The third-order valence-electron chi connectivity index (χ3n) is 4.03. The van der Waals surface area contributed by atoms with Crippen molar-refractivity contribution in [1.29, 1.82) is 0 Å². The van der Waals surface area contributed by atoms with Crippen LogP contribution in [0.25, 0.3) is 0 Å². The number of sulfone groups is 1. The molecule has 1 heterocycles. The number of nitrogens with zero attached hydrogens (tertiary/aromatic N) is 1. The lowest BCUT2D eigenvalue weighted by atomic mass is 9.96. The van der Waals surface area contributed by atoms with Crippen LogP contribution in [0.3, 0.4) is 0 Å². The minimum atomic E-state index is -3.09. The van der Waals surface area contributed by atoms with Gasteiger partial charge in [0.25, 0.3) is 5.91 Å². The predicted octanol–water partition coefficient (Wildman–Crippen LogP) is 1.65. The third-order valence-corrected chi connectivity index (χ3v) is 4.89. The summed E-state index contributed by atoms with van der Waals surface area (Å²) in [5.74, 6) is -0.448. The molecule has 1 aromatic carbocycles. The lowest BCUT2D eigenvalue weighted by Gasteiger charge is -2.31. The maximum absolute atomic E-state index is 12.5. The van der Waals surface area contributed by atoms with Gasteiger partial charge in [0, 0.05) is 24.9 Å². The second-order valence-corrected chi connectivity index (χ2v) is 8.23. The summed E-state index contributed by atoms with van der Waals surface area (Å²) in [4.78, 5) is 25.9. The van der Waals surface area contributed by atoms with Gasteiger partial charge in [-0.3, -0.25) is 9.59 Å². The molecule has 0 spiro atoms. The van der Waals surface area contributed by atoms with Crippen LogP contribution in [0.2, 0.25) is 0 Å². The fourth-order valence-electron chi connectivity index (χ4n) is 2.81. The maximum Gasteiger partial charge on any atom is 0.309 e. The first-order valence-corrected chi connectivity index (χ1v) is 10.1. The highest BCUT2D eigenvalue weighted by Gasteiger charge is 2.28. The molecule has 0 bridgehead atoms. The van der Waals surface area contributed by atoms with E-state index >= 15 is 0 Å². The molecule has 0 N–H and O–H groups in total. The van der Waals surface area contributed by atoms with Crippen molar-refractivity contribution < 1.29 is 22.7 Å². The molecular formula is C17H23NO5S. The zero-order chi connectivity index (χ0) is 17.7. The van der Waals surface area contributed by atoms with Crippen molar-refractivity contribution in [3.05, 3.63) is 35.4 Å². The molecule has 0 saturated carbocycles. The largest absolute Gasteiger partial charge is 0.466 e. The molecule has 1 aromatic rings. The van der Waals surface area contributed by atoms with Crippen LogP contribution in [-0.2, 0) is 25.1 Å². The Kier molecular flexibility index (Phi) is 5.99. The Hall–Kier alpha value is -1.89. The predicted molar refractivity (Wildman–Crippen MR) is 90.3 cm³/mol. The number of carbonyl (C=O) groups excluding carboxylic acids is 2. The number of carbonyl (C=O) groups is 2. The van der Waals surface area contributed by atoms with Gasteiger partial charge in [-0.25, -0.2) is 8.42 Å². The number of rotatable bonds is 5. The van der Waals surface area contributed by atoms with Crippen LogP contribution in [0.1, 0.15) is 35.7 Å². The van der Waals surface area contributed by atoms with Crippen molar-refractivity contribution >= 4 is 21.7 Å². The quantitative estimate of drug-likeness (QED) is 0.752. The molecule has 1 amide bonds. The molecule has 0 radical (unpaired) electrons. The fraction of sp³-hybridized carbons (Fsp3) is 0.529. The number of benzene rings is 1. The van der Waals surface area contributed by atoms with E-state index in [2.05, 4.69) is 0 Å². The molecule has 7 heteroatoms. The zero-order valence-electron chi connectivity index (χ0n) is 14.0. The smallest absolute Gasteiger partial charge is 0.309 e. The van der Waals surface area contributed by atoms with Crippen molar-refractivity contribution in [3.8, 4) is 0 Å². The Balaban J connectivity index is 1.94. The molecule has 1 fully saturated rings. The van der Waals surface area contributed by atoms with E-state index in [1.807, 2.05) is 0 Å². The number of likely N-dealkylation sites (tertiary alicyclic amines) is 1. The van der Waals surface area contributed by atoms with Crippen molar-refractivity contribution in [2.24, 2.45) is 5.92 Å². The standard InChI is InChI=1S/C17H23NO5S/c1-3-23-17(20)15-8-10-18(11-9-15)16(19)14-6-4-13(5-7-14)12-24(2,21)22/h4-7,15H,3,8-12H2,1-2H3. The molecule has 0 atom stereocenters. The lowest BCUT2D eigenvalue weighted by Crippen LogP contribution is -2.40. The van der Waals surface area contributed by atoms with E-state index in [1.54, 1.807) is 36.1 Å². The van der Waals surface area contributed by atoms with Crippen LogP contribution in [-0.4, -0.2) is 51.1 Å². The molecular weight excluding hydrogens is 330 g/mol. The molecule has 1 saturated heterocycles. The van der Waals surface area contributed by atoms with Gasteiger partial charge in [-0.05, 0) is 37.5 Å². The highest BCUT2D eigenvalue weighted by atomic mass is 32.2. The van der Waals surface area contributed by atoms with Gasteiger partial charge in [-0.15, -0.1) is 0 Å². The van der Waals surface area contributed by atoms with Gasteiger partial charge in [0.15, 0.2) is 9.84 Å². The van der Waals surface area contributed by atoms with Crippen molar-refractivity contribution in [2.45, 2.75) is 25.5 Å². The first kappa shape index (κ1) is 18.4. The maximum atomic E-state index is 12.5. The van der Waals surface area contributed by atoms with Crippen molar-refractivity contribution in [3.63, 3.8) is 0 Å². The van der Waals surface area contributed by atoms with E-state index in [1.165, 1.54) is 6.26 Å². The SMILES string of the molecule is CCOC(=O)C1CCN(C(=O)c2ccc(CS(C)(=O)=O)cc2)CC1. The van der Waals surface area contributed by atoms with Crippen LogP contribution in [0.4, 0.5) is 0 Å². The van der Waals surface area contributed by atoms with Crippen molar-refractivity contribution in [1.82, 2.24) is 4.90 Å². The molecule has 6 nitrogen and oxygen atoms in total. The van der Waals surface area contributed by atoms with E-state index in [9.17, 15) is 18.0 Å². The molecule has 2 rings (SSSR count). The van der Waals surface area contributed by atoms with Gasteiger partial charge < -0.3 is 9.64 Å². The number of hydrogen-bond acceptors (Lipinski definition) is 5. The van der Waals surface area contributed by atoms with E-state index in [4.69, 9.17) is 4.74 Å². The highest BCUT2D eigenvalue weighted by molar-refractivity contribution is 7.89. The first-order chi connectivity index (χ1) is 11.3. The normalized spacial score (nSPS) is 16.0. The molecule has 0 aliphatic carbocycles. The second-order valence-electron chi connectivity index (χ2n) is 6.09. The van der Waals surface area contributed by atoms with E-state index in [0.717, 1.165) is 0 Å². The molecule has 0 unspecified atom stereocenters. The molecule has 24 heavy (non-hydrogen) atoms. The van der Waals surface area contributed by atoms with Crippen LogP contribution in [0.15, 0.2) is 24.3 Å². The molecule has 1 aliphatic rings. The average Bonchev–Trinajstić information content (AvgIpc) is 2.54. The van der Waals surface area contributed by atoms with E-state index < -0.39 is 9.84 Å². The van der Waals surface area contributed by atoms with Gasteiger partial charge in [-0.2, -0.15) is 0 Å². The minimum Gasteiger partial charge on any atom is -0.466 e. The van der Waals surface area contributed by atoms with E-state index in [0.29, 0.717) is 43.7 Å². The molecule has 1 aliphatic heterocycles. The minimum absolute atomic E-state index is 0.0353. The van der Waals surface area contributed by atoms with Gasteiger partial charge in [0.2, 0.25) is 0 Å². The van der Waals surface area contributed by atoms with Crippen LogP contribution in [0, 0.1) is 5.92 Å². The molecule has 0 aromatic heterocycles. The topological polar surface area (TPSA) is 80.8 Å². The van der Waals surface area contributed by atoms with Crippen molar-refractivity contribution in [2.75, 3.05) is 26.0 Å². The zero-order valence-corrected chi connectivity index (χ0v) is 14.8. The Morgan fingerprint density at radius 2 is 1.75 bits per heavy atom. The number of hydrogen-bond donors (Lipinski definition) is 0. The Labute approximate surface area is 142 Å². The van der Waals surface area contributed by atoms with Gasteiger partial charge in [0.1, 0.15) is 0 Å². The molecule has 132 valence electrons. The fourth-order valence-corrected chi connectivity index (χ4v) is 3.61. The summed E-state index contributed by atoms with van der Waals surface area (Å²) in [5, 5.41) is 0. The number of amides is 1. The summed E-state index contributed by atoms with van der Waals surface area (Å²) in [6, 6.07) is 6.64.